The van der Waals surface area contributed by atoms with Crippen LogP contribution >= 0.6 is 43.6 Å². The van der Waals surface area contributed by atoms with E-state index in [2.05, 4.69) is 42.1 Å². The lowest BCUT2D eigenvalue weighted by molar-refractivity contribution is -0.122. The third-order valence-electron chi connectivity index (χ3n) is 4.89. The molecule has 0 aliphatic carbocycles. The van der Waals surface area contributed by atoms with Gasteiger partial charge >= 0.3 is 0 Å². The summed E-state index contributed by atoms with van der Waals surface area (Å²) in [6, 6.07) is 12.4. The van der Waals surface area contributed by atoms with E-state index in [0.717, 1.165) is 10.0 Å². The fourth-order valence-electron chi connectivity index (χ4n) is 3.20. The first-order chi connectivity index (χ1) is 16.9. The standard InChI is InChI=1S/C24H19Br2N3O5S/c1-32-19-6-5-14(8-20(19)33-2)9-21-23(31)29(13-17-4-3-7-34-17)24(35-21)28-27-12-15-10-16(25)11-18(26)22(15)30/h3-12,30H,13H2,1-2H3/b21-9-,27-12+,28-24-. The van der Waals surface area contributed by atoms with Crippen LogP contribution in [0.5, 0.6) is 17.2 Å². The van der Waals surface area contributed by atoms with E-state index in [4.69, 9.17) is 13.9 Å². The molecule has 0 spiro atoms. The van der Waals surface area contributed by atoms with Crippen LogP contribution in [-0.4, -0.2) is 41.5 Å². The molecule has 8 nitrogen and oxygen atoms in total. The highest BCUT2D eigenvalue weighted by molar-refractivity contribution is 9.11. The largest absolute Gasteiger partial charge is 0.506 e. The van der Waals surface area contributed by atoms with E-state index in [1.54, 1.807) is 63.0 Å². The lowest BCUT2D eigenvalue weighted by atomic mass is 10.2. The van der Waals surface area contributed by atoms with Crippen molar-refractivity contribution >= 4 is 67.0 Å². The van der Waals surface area contributed by atoms with Crippen LogP contribution in [0.1, 0.15) is 16.9 Å². The molecule has 4 rings (SSSR count). The van der Waals surface area contributed by atoms with Gasteiger partial charge in [0.1, 0.15) is 11.5 Å². The summed E-state index contributed by atoms with van der Waals surface area (Å²) in [6.45, 7) is 0.199. The minimum atomic E-state index is -0.233. The van der Waals surface area contributed by atoms with Gasteiger partial charge in [0.2, 0.25) is 0 Å². The highest BCUT2D eigenvalue weighted by Gasteiger charge is 2.34. The van der Waals surface area contributed by atoms with Gasteiger partial charge in [0.05, 0.1) is 42.6 Å². The van der Waals surface area contributed by atoms with Crippen LogP contribution in [0.4, 0.5) is 0 Å². The van der Waals surface area contributed by atoms with E-state index in [9.17, 15) is 9.90 Å². The number of amides is 1. The molecule has 1 N–H and O–H groups in total. The van der Waals surface area contributed by atoms with Crippen molar-refractivity contribution in [2.24, 2.45) is 10.2 Å². The summed E-state index contributed by atoms with van der Waals surface area (Å²) in [4.78, 5) is 15.2. The maximum atomic E-state index is 13.3. The second-order valence-electron chi connectivity index (χ2n) is 7.15. The molecule has 35 heavy (non-hydrogen) atoms. The Hall–Kier alpha value is -3.02. The molecule has 1 saturated heterocycles. The summed E-state index contributed by atoms with van der Waals surface area (Å²) in [6.07, 6.45) is 4.73. The smallest absolute Gasteiger partial charge is 0.267 e. The number of rotatable bonds is 7. The Morgan fingerprint density at radius 1 is 1.14 bits per heavy atom. The summed E-state index contributed by atoms with van der Waals surface area (Å²) >= 11 is 7.87. The number of hydrogen-bond acceptors (Lipinski definition) is 8. The summed E-state index contributed by atoms with van der Waals surface area (Å²) in [5.41, 5.74) is 1.23. The fraction of sp³-hybridized carbons (Fsp3) is 0.125. The van der Waals surface area contributed by atoms with Gasteiger partial charge in [-0.2, -0.15) is 5.10 Å². The van der Waals surface area contributed by atoms with E-state index in [1.807, 2.05) is 6.07 Å². The molecule has 2 heterocycles. The Morgan fingerprint density at radius 3 is 2.66 bits per heavy atom. The van der Waals surface area contributed by atoms with E-state index in [1.165, 1.54) is 22.9 Å². The van der Waals surface area contributed by atoms with Crippen molar-refractivity contribution in [1.82, 2.24) is 4.90 Å². The van der Waals surface area contributed by atoms with Gasteiger partial charge in [-0.05, 0) is 75.7 Å². The molecular formula is C24H19Br2N3O5S. The molecule has 1 aliphatic rings. The number of ether oxygens (including phenoxy) is 2. The van der Waals surface area contributed by atoms with E-state index in [-0.39, 0.29) is 18.2 Å². The Morgan fingerprint density at radius 2 is 1.94 bits per heavy atom. The lowest BCUT2D eigenvalue weighted by Crippen LogP contribution is -2.28. The number of carbonyl (C=O) groups excluding carboxylic acids is 1. The highest BCUT2D eigenvalue weighted by Crippen LogP contribution is 2.36. The molecule has 0 radical (unpaired) electrons. The van der Waals surface area contributed by atoms with Crippen molar-refractivity contribution in [2.45, 2.75) is 6.54 Å². The monoisotopic (exact) mass is 619 g/mol. The number of carbonyl (C=O) groups is 1. The van der Waals surface area contributed by atoms with Gasteiger partial charge < -0.3 is 19.0 Å². The predicted octanol–water partition coefficient (Wildman–Crippen LogP) is 6.03. The quantitative estimate of drug-likeness (QED) is 0.197. The molecule has 0 atom stereocenters. The Labute approximate surface area is 222 Å². The molecule has 1 amide bonds. The molecule has 0 saturated carbocycles. The van der Waals surface area contributed by atoms with Gasteiger partial charge in [0, 0.05) is 10.0 Å². The molecule has 0 bridgehead atoms. The van der Waals surface area contributed by atoms with Crippen molar-refractivity contribution < 1.29 is 23.8 Å². The number of methoxy groups -OCH3 is 2. The molecule has 1 fully saturated rings. The topological polar surface area (TPSA) is 96.9 Å². The van der Waals surface area contributed by atoms with Crippen LogP contribution in [0.25, 0.3) is 6.08 Å². The maximum Gasteiger partial charge on any atom is 0.267 e. The summed E-state index contributed by atoms with van der Waals surface area (Å²) < 4.78 is 17.4. The minimum Gasteiger partial charge on any atom is -0.506 e. The second kappa shape index (κ2) is 11.1. The van der Waals surface area contributed by atoms with Crippen LogP contribution in [-0.2, 0) is 11.3 Å². The van der Waals surface area contributed by atoms with Crippen molar-refractivity contribution in [3.05, 3.63) is 79.5 Å². The zero-order valence-corrected chi connectivity index (χ0v) is 22.6. The van der Waals surface area contributed by atoms with Crippen LogP contribution in [0, 0.1) is 0 Å². The minimum absolute atomic E-state index is 0.0359. The number of halogens is 2. The molecule has 1 aromatic heterocycles. The van der Waals surface area contributed by atoms with Gasteiger partial charge in [0.15, 0.2) is 16.7 Å². The number of furan rings is 1. The number of phenolic OH excluding ortho intramolecular Hbond substituents is 1. The number of nitrogens with zero attached hydrogens (tertiary/aromatic N) is 3. The molecule has 180 valence electrons. The number of phenols is 1. The van der Waals surface area contributed by atoms with Crippen molar-refractivity contribution in [3.8, 4) is 17.2 Å². The fourth-order valence-corrected chi connectivity index (χ4v) is 5.39. The van der Waals surface area contributed by atoms with E-state index >= 15 is 0 Å². The van der Waals surface area contributed by atoms with Crippen LogP contribution in [0.2, 0.25) is 0 Å². The number of benzene rings is 2. The van der Waals surface area contributed by atoms with E-state index < -0.39 is 0 Å². The van der Waals surface area contributed by atoms with Crippen molar-refractivity contribution in [1.29, 1.82) is 0 Å². The third kappa shape index (κ3) is 5.80. The SMILES string of the molecule is COc1ccc(/C=C2\S/C(=N\N=C\c3cc(Br)cc(Br)c3O)N(Cc3ccco3)C2=O)cc1OC. The summed E-state index contributed by atoms with van der Waals surface area (Å²) in [5.74, 6) is 1.57. The molecule has 11 heteroatoms. The average Bonchev–Trinajstić information content (AvgIpc) is 3.46. The third-order valence-corrected chi connectivity index (χ3v) is 6.94. The van der Waals surface area contributed by atoms with E-state index in [0.29, 0.717) is 37.4 Å². The number of thioether (sulfide) groups is 1. The van der Waals surface area contributed by atoms with Gasteiger partial charge in [-0.15, -0.1) is 5.10 Å². The Bertz CT molecular complexity index is 1340. The van der Waals surface area contributed by atoms with Crippen LogP contribution in [0.15, 0.2) is 77.2 Å². The van der Waals surface area contributed by atoms with Gasteiger partial charge in [-0.25, -0.2) is 0 Å². The van der Waals surface area contributed by atoms with Crippen molar-refractivity contribution in [3.63, 3.8) is 0 Å². The number of amidine groups is 1. The Kier molecular flexibility index (Phi) is 7.99. The van der Waals surface area contributed by atoms with Crippen molar-refractivity contribution in [2.75, 3.05) is 14.2 Å². The number of aromatic hydroxyl groups is 1. The molecule has 1 aliphatic heterocycles. The first-order valence-electron chi connectivity index (χ1n) is 10.1. The summed E-state index contributed by atoms with van der Waals surface area (Å²) in [5, 5.41) is 19.0. The summed E-state index contributed by atoms with van der Waals surface area (Å²) in [7, 11) is 3.12. The average molecular weight is 621 g/mol. The first-order valence-corrected chi connectivity index (χ1v) is 12.5. The Balaban J connectivity index is 1.66. The number of hydrogen-bond donors (Lipinski definition) is 1. The molecule has 2 aromatic carbocycles. The van der Waals surface area contributed by atoms with Crippen LogP contribution in [0.3, 0.4) is 0 Å². The van der Waals surface area contributed by atoms with Gasteiger partial charge in [-0.3, -0.25) is 9.69 Å². The molecule has 0 unspecified atom stereocenters. The maximum absolute atomic E-state index is 13.3. The van der Waals surface area contributed by atoms with Gasteiger partial charge in [0.25, 0.3) is 5.91 Å². The lowest BCUT2D eigenvalue weighted by Gasteiger charge is -2.12. The van der Waals surface area contributed by atoms with Crippen LogP contribution < -0.4 is 9.47 Å². The van der Waals surface area contributed by atoms with Gasteiger partial charge in [-0.1, -0.05) is 22.0 Å². The molecule has 3 aromatic rings. The predicted molar refractivity (Wildman–Crippen MR) is 143 cm³/mol. The zero-order chi connectivity index (χ0) is 24.9. The highest BCUT2D eigenvalue weighted by atomic mass is 79.9. The normalized spacial score (nSPS) is 16.1. The zero-order valence-electron chi connectivity index (χ0n) is 18.6. The second-order valence-corrected chi connectivity index (χ2v) is 9.93. The first kappa shape index (κ1) is 25.1. The molecular weight excluding hydrogens is 602 g/mol.